The van der Waals surface area contributed by atoms with Gasteiger partial charge >= 0.3 is 0 Å². The summed E-state index contributed by atoms with van der Waals surface area (Å²) in [4.78, 5) is 18.8. The lowest BCUT2D eigenvalue weighted by atomic mass is 9.95. The molecule has 3 rings (SSSR count). The maximum atomic E-state index is 12.8. The Labute approximate surface area is 147 Å². The predicted molar refractivity (Wildman–Crippen MR) is 95.7 cm³/mol. The van der Waals surface area contributed by atoms with E-state index in [1.807, 2.05) is 67.6 Å². The highest BCUT2D eigenvalue weighted by Gasteiger charge is 2.23. The number of carbonyl (C=O) groups excluding carboxylic acids is 1. The molecule has 0 N–H and O–H groups in total. The Hall–Kier alpha value is -2.95. The van der Waals surface area contributed by atoms with Gasteiger partial charge < -0.3 is 9.42 Å². The van der Waals surface area contributed by atoms with Gasteiger partial charge in [-0.2, -0.15) is 4.98 Å². The van der Waals surface area contributed by atoms with E-state index in [0.717, 1.165) is 17.5 Å². The minimum atomic E-state index is -0.164. The van der Waals surface area contributed by atoms with Gasteiger partial charge in [0.2, 0.25) is 17.6 Å². The summed E-state index contributed by atoms with van der Waals surface area (Å²) < 4.78 is 5.30. The van der Waals surface area contributed by atoms with Crippen molar-refractivity contribution in [3.05, 3.63) is 72.1 Å². The SMILES string of the molecule is CC[C@H](C(=O)N(C)Cc1nc(-c2ccccc2)no1)c1ccccc1. The van der Waals surface area contributed by atoms with Crippen molar-refractivity contribution in [3.8, 4) is 11.4 Å². The maximum Gasteiger partial charge on any atom is 0.246 e. The van der Waals surface area contributed by atoms with Gasteiger partial charge in [0.1, 0.15) is 0 Å². The first-order valence-electron chi connectivity index (χ1n) is 8.37. The zero-order valence-corrected chi connectivity index (χ0v) is 14.4. The lowest BCUT2D eigenvalue weighted by Gasteiger charge is -2.22. The molecule has 5 heteroatoms. The Kier molecular flexibility index (Phi) is 5.23. The summed E-state index contributed by atoms with van der Waals surface area (Å²) in [5.74, 6) is 0.847. The number of nitrogens with zero attached hydrogens (tertiary/aromatic N) is 3. The van der Waals surface area contributed by atoms with Crippen LogP contribution in [0.2, 0.25) is 0 Å². The Morgan fingerprint density at radius 1 is 1.08 bits per heavy atom. The molecule has 3 aromatic rings. The lowest BCUT2D eigenvalue weighted by molar-refractivity contribution is -0.132. The topological polar surface area (TPSA) is 59.2 Å². The molecule has 2 aromatic carbocycles. The number of hydrogen-bond donors (Lipinski definition) is 0. The van der Waals surface area contributed by atoms with E-state index < -0.39 is 0 Å². The van der Waals surface area contributed by atoms with Crippen molar-refractivity contribution in [2.45, 2.75) is 25.8 Å². The van der Waals surface area contributed by atoms with Crippen LogP contribution in [0, 0.1) is 0 Å². The third-order valence-corrected chi connectivity index (χ3v) is 4.16. The Morgan fingerprint density at radius 3 is 2.36 bits per heavy atom. The molecular weight excluding hydrogens is 314 g/mol. The second kappa shape index (κ2) is 7.75. The zero-order chi connectivity index (χ0) is 17.6. The van der Waals surface area contributed by atoms with Crippen LogP contribution in [-0.4, -0.2) is 28.0 Å². The highest BCUT2D eigenvalue weighted by atomic mass is 16.5. The van der Waals surface area contributed by atoms with Crippen LogP contribution in [0.3, 0.4) is 0 Å². The van der Waals surface area contributed by atoms with Crippen LogP contribution in [0.4, 0.5) is 0 Å². The predicted octanol–water partition coefficient (Wildman–Crippen LogP) is 3.89. The highest BCUT2D eigenvalue weighted by molar-refractivity contribution is 5.83. The number of rotatable bonds is 6. The van der Waals surface area contributed by atoms with Crippen LogP contribution in [0.15, 0.2) is 65.2 Å². The summed E-state index contributed by atoms with van der Waals surface area (Å²) in [5.41, 5.74) is 1.92. The van der Waals surface area contributed by atoms with E-state index in [1.165, 1.54) is 0 Å². The van der Waals surface area contributed by atoms with E-state index in [4.69, 9.17) is 4.52 Å². The molecule has 0 aliphatic heterocycles. The van der Waals surface area contributed by atoms with E-state index in [0.29, 0.717) is 18.3 Å². The monoisotopic (exact) mass is 335 g/mol. The van der Waals surface area contributed by atoms with Gasteiger partial charge in [0, 0.05) is 12.6 Å². The fourth-order valence-corrected chi connectivity index (χ4v) is 2.81. The molecule has 128 valence electrons. The van der Waals surface area contributed by atoms with E-state index >= 15 is 0 Å². The van der Waals surface area contributed by atoms with Gasteiger partial charge in [-0.3, -0.25) is 4.79 Å². The van der Waals surface area contributed by atoms with Crippen LogP contribution in [-0.2, 0) is 11.3 Å². The van der Waals surface area contributed by atoms with Crippen LogP contribution < -0.4 is 0 Å². The van der Waals surface area contributed by atoms with Crippen LogP contribution in [0.5, 0.6) is 0 Å². The van der Waals surface area contributed by atoms with Crippen molar-refractivity contribution < 1.29 is 9.32 Å². The van der Waals surface area contributed by atoms with Gasteiger partial charge in [0.05, 0.1) is 12.5 Å². The summed E-state index contributed by atoms with van der Waals surface area (Å²) in [5, 5.41) is 4.00. The molecule has 0 radical (unpaired) electrons. The molecule has 0 aliphatic carbocycles. The lowest BCUT2D eigenvalue weighted by Crippen LogP contribution is -2.31. The largest absolute Gasteiger partial charge is 0.337 e. The van der Waals surface area contributed by atoms with Crippen molar-refractivity contribution in [2.75, 3.05) is 7.05 Å². The standard InChI is InChI=1S/C20H21N3O2/c1-3-17(15-10-6-4-7-11-15)20(24)23(2)14-18-21-19(22-25-18)16-12-8-5-9-13-16/h4-13,17H,3,14H2,1-2H3/t17-/m0/s1. The molecule has 1 heterocycles. The molecule has 1 aromatic heterocycles. The molecule has 0 bridgehead atoms. The van der Waals surface area contributed by atoms with Crippen molar-refractivity contribution in [2.24, 2.45) is 0 Å². The van der Waals surface area contributed by atoms with Crippen LogP contribution in [0.25, 0.3) is 11.4 Å². The Morgan fingerprint density at radius 2 is 1.72 bits per heavy atom. The molecule has 0 spiro atoms. The van der Waals surface area contributed by atoms with Gasteiger partial charge in [-0.05, 0) is 12.0 Å². The first-order chi connectivity index (χ1) is 12.2. The third-order valence-electron chi connectivity index (χ3n) is 4.16. The first-order valence-corrected chi connectivity index (χ1v) is 8.37. The van der Waals surface area contributed by atoms with E-state index in [9.17, 15) is 4.79 Å². The number of hydrogen-bond acceptors (Lipinski definition) is 4. The van der Waals surface area contributed by atoms with Crippen LogP contribution >= 0.6 is 0 Å². The zero-order valence-electron chi connectivity index (χ0n) is 14.4. The summed E-state index contributed by atoms with van der Waals surface area (Å²) in [7, 11) is 1.76. The minimum Gasteiger partial charge on any atom is -0.337 e. The van der Waals surface area contributed by atoms with Gasteiger partial charge in [-0.15, -0.1) is 0 Å². The smallest absolute Gasteiger partial charge is 0.246 e. The minimum absolute atomic E-state index is 0.0492. The molecule has 1 atom stereocenters. The number of likely N-dealkylation sites (N-methyl/N-ethyl adjacent to an activating group) is 1. The summed E-state index contributed by atoms with van der Waals surface area (Å²) in [6.07, 6.45) is 0.742. The van der Waals surface area contributed by atoms with Crippen molar-refractivity contribution >= 4 is 5.91 Å². The van der Waals surface area contributed by atoms with Gasteiger partial charge in [-0.25, -0.2) is 0 Å². The molecule has 5 nitrogen and oxygen atoms in total. The molecule has 0 unspecified atom stereocenters. The average molecular weight is 335 g/mol. The second-order valence-electron chi connectivity index (χ2n) is 5.94. The fraction of sp³-hybridized carbons (Fsp3) is 0.250. The number of benzene rings is 2. The number of amides is 1. The molecule has 0 aliphatic rings. The Bertz CT molecular complexity index is 815. The van der Waals surface area contributed by atoms with E-state index in [1.54, 1.807) is 11.9 Å². The van der Waals surface area contributed by atoms with Gasteiger partial charge in [-0.1, -0.05) is 72.7 Å². The normalized spacial score (nSPS) is 11.9. The highest BCUT2D eigenvalue weighted by Crippen LogP contribution is 2.22. The quantitative estimate of drug-likeness (QED) is 0.686. The van der Waals surface area contributed by atoms with Crippen LogP contribution in [0.1, 0.15) is 30.7 Å². The molecular formula is C20H21N3O2. The van der Waals surface area contributed by atoms with Crippen molar-refractivity contribution in [1.29, 1.82) is 0 Å². The summed E-state index contributed by atoms with van der Waals surface area (Å²) in [6, 6.07) is 19.5. The van der Waals surface area contributed by atoms with Crippen molar-refractivity contribution in [3.63, 3.8) is 0 Å². The molecule has 25 heavy (non-hydrogen) atoms. The summed E-state index contributed by atoms with van der Waals surface area (Å²) >= 11 is 0. The maximum absolute atomic E-state index is 12.8. The van der Waals surface area contributed by atoms with E-state index in [-0.39, 0.29) is 11.8 Å². The number of carbonyl (C=O) groups is 1. The molecule has 0 saturated heterocycles. The molecule has 1 amide bonds. The second-order valence-corrected chi connectivity index (χ2v) is 5.94. The van der Waals surface area contributed by atoms with E-state index in [2.05, 4.69) is 10.1 Å². The molecule has 0 fully saturated rings. The average Bonchev–Trinajstić information content (AvgIpc) is 3.12. The number of aromatic nitrogens is 2. The summed E-state index contributed by atoms with van der Waals surface area (Å²) in [6.45, 7) is 2.31. The molecule has 0 saturated carbocycles. The Balaban J connectivity index is 1.70. The first kappa shape index (κ1) is 16.9. The third kappa shape index (κ3) is 3.94. The van der Waals surface area contributed by atoms with Crippen molar-refractivity contribution in [1.82, 2.24) is 15.0 Å². The van der Waals surface area contributed by atoms with Gasteiger partial charge in [0.25, 0.3) is 0 Å². The van der Waals surface area contributed by atoms with Gasteiger partial charge in [0.15, 0.2) is 0 Å². The fourth-order valence-electron chi connectivity index (χ4n) is 2.81.